The fourth-order valence-electron chi connectivity index (χ4n) is 2.87. The first-order valence-corrected chi connectivity index (χ1v) is 7.18. The van der Waals surface area contributed by atoms with Crippen molar-refractivity contribution in [2.24, 2.45) is 5.92 Å². The summed E-state index contributed by atoms with van der Waals surface area (Å²) in [6.07, 6.45) is 9.00. The summed E-state index contributed by atoms with van der Waals surface area (Å²) in [5.41, 5.74) is 4.73. The molecule has 1 aliphatic carbocycles. The monoisotopic (exact) mass is 268 g/mol. The average Bonchev–Trinajstić information content (AvgIpc) is 2.48. The fourth-order valence-corrected chi connectivity index (χ4v) is 2.87. The lowest BCUT2D eigenvalue weighted by Gasteiger charge is -2.23. The van der Waals surface area contributed by atoms with Gasteiger partial charge in [-0.05, 0) is 62.9 Å². The van der Waals surface area contributed by atoms with E-state index in [9.17, 15) is 0 Å². The molecule has 2 heterocycles. The number of hydrogen-bond acceptors (Lipinski definition) is 4. The summed E-state index contributed by atoms with van der Waals surface area (Å²) in [5, 5.41) is 3.26. The Bertz CT molecular complexity index is 609. The van der Waals surface area contributed by atoms with E-state index in [-0.39, 0.29) is 0 Å². The van der Waals surface area contributed by atoms with Crippen molar-refractivity contribution in [2.75, 3.05) is 13.6 Å². The first-order chi connectivity index (χ1) is 9.78. The molecule has 104 valence electrons. The van der Waals surface area contributed by atoms with Gasteiger partial charge in [-0.2, -0.15) is 0 Å². The van der Waals surface area contributed by atoms with Crippen molar-refractivity contribution >= 4 is 0 Å². The van der Waals surface area contributed by atoms with Crippen LogP contribution in [0.2, 0.25) is 0 Å². The Balaban J connectivity index is 1.90. The maximum Gasteiger partial charge on any atom is 0.161 e. The van der Waals surface area contributed by atoms with Crippen LogP contribution in [0.1, 0.15) is 23.2 Å². The lowest BCUT2D eigenvalue weighted by atomic mass is 9.87. The van der Waals surface area contributed by atoms with E-state index in [2.05, 4.69) is 22.2 Å². The third-order valence-corrected chi connectivity index (χ3v) is 4.02. The molecule has 0 amide bonds. The van der Waals surface area contributed by atoms with E-state index >= 15 is 0 Å². The Labute approximate surface area is 119 Å². The second-order valence-corrected chi connectivity index (χ2v) is 5.52. The van der Waals surface area contributed by atoms with Crippen LogP contribution in [0.4, 0.5) is 0 Å². The van der Waals surface area contributed by atoms with Gasteiger partial charge in [-0.3, -0.25) is 4.98 Å². The largest absolute Gasteiger partial charge is 0.319 e. The molecule has 1 unspecified atom stereocenters. The lowest BCUT2D eigenvalue weighted by Crippen LogP contribution is -2.25. The molecule has 0 spiro atoms. The number of hydrogen-bond donors (Lipinski definition) is 1. The molecule has 4 nitrogen and oxygen atoms in total. The highest BCUT2D eigenvalue weighted by Gasteiger charge is 2.20. The molecular formula is C16H20N4. The van der Waals surface area contributed by atoms with Crippen LogP contribution in [-0.4, -0.2) is 28.5 Å². The van der Waals surface area contributed by atoms with Crippen LogP contribution < -0.4 is 5.32 Å². The molecule has 20 heavy (non-hydrogen) atoms. The van der Waals surface area contributed by atoms with Crippen molar-refractivity contribution in [3.63, 3.8) is 0 Å². The summed E-state index contributed by atoms with van der Waals surface area (Å²) in [5.74, 6) is 1.52. The number of aromatic nitrogens is 3. The van der Waals surface area contributed by atoms with Crippen LogP contribution >= 0.6 is 0 Å². The first-order valence-electron chi connectivity index (χ1n) is 7.18. The zero-order valence-electron chi connectivity index (χ0n) is 12.1. The minimum atomic E-state index is 0.710. The van der Waals surface area contributed by atoms with Gasteiger partial charge in [0.05, 0.1) is 0 Å². The van der Waals surface area contributed by atoms with Gasteiger partial charge in [-0.1, -0.05) is 0 Å². The van der Waals surface area contributed by atoms with Gasteiger partial charge in [0.15, 0.2) is 5.82 Å². The average molecular weight is 268 g/mol. The molecule has 0 saturated carbocycles. The molecule has 1 N–H and O–H groups in total. The van der Waals surface area contributed by atoms with E-state index < -0.39 is 0 Å². The standard InChI is InChI=1S/C16H20N4/c1-11-5-6-18-10-14(11)16-19-9-13-7-12(8-17-2)3-4-15(13)20-16/h5-6,9-10,12,17H,3-4,7-8H2,1-2H3. The molecule has 2 aromatic rings. The van der Waals surface area contributed by atoms with Gasteiger partial charge >= 0.3 is 0 Å². The molecule has 0 bridgehead atoms. The SMILES string of the molecule is CNCC1CCc2nc(-c3cnccc3C)ncc2C1. The minimum absolute atomic E-state index is 0.710. The second kappa shape index (κ2) is 5.67. The summed E-state index contributed by atoms with van der Waals surface area (Å²) in [7, 11) is 2.01. The predicted octanol–water partition coefficient (Wildman–Crippen LogP) is 2.17. The summed E-state index contributed by atoms with van der Waals surface area (Å²) in [4.78, 5) is 13.5. The molecule has 0 fully saturated rings. The molecule has 0 saturated heterocycles. The minimum Gasteiger partial charge on any atom is -0.319 e. The van der Waals surface area contributed by atoms with Crippen LogP contribution in [0, 0.1) is 12.8 Å². The molecule has 1 atom stereocenters. The Morgan fingerprint density at radius 2 is 2.25 bits per heavy atom. The number of nitrogens with zero attached hydrogens (tertiary/aromatic N) is 3. The van der Waals surface area contributed by atoms with Crippen molar-refractivity contribution in [3.8, 4) is 11.4 Å². The van der Waals surface area contributed by atoms with Gasteiger partial charge in [0, 0.05) is 29.8 Å². The molecule has 0 aromatic carbocycles. The van der Waals surface area contributed by atoms with E-state index in [4.69, 9.17) is 4.98 Å². The Morgan fingerprint density at radius 1 is 1.35 bits per heavy atom. The van der Waals surface area contributed by atoms with Crippen molar-refractivity contribution in [3.05, 3.63) is 41.5 Å². The summed E-state index contributed by atoms with van der Waals surface area (Å²) >= 11 is 0. The van der Waals surface area contributed by atoms with Crippen molar-refractivity contribution in [2.45, 2.75) is 26.2 Å². The summed E-state index contributed by atoms with van der Waals surface area (Å²) in [6, 6.07) is 2.00. The maximum absolute atomic E-state index is 4.77. The van der Waals surface area contributed by atoms with Gasteiger partial charge in [0.2, 0.25) is 0 Å². The molecule has 0 radical (unpaired) electrons. The van der Waals surface area contributed by atoms with Crippen LogP contribution in [0.3, 0.4) is 0 Å². The highest BCUT2D eigenvalue weighted by atomic mass is 14.9. The number of rotatable bonds is 3. The molecular weight excluding hydrogens is 248 g/mol. The zero-order chi connectivity index (χ0) is 13.9. The summed E-state index contributed by atoms with van der Waals surface area (Å²) < 4.78 is 0. The third-order valence-electron chi connectivity index (χ3n) is 4.02. The molecule has 2 aromatic heterocycles. The van der Waals surface area contributed by atoms with Gasteiger partial charge in [-0.15, -0.1) is 0 Å². The number of fused-ring (bicyclic) bond motifs is 1. The van der Waals surface area contributed by atoms with Gasteiger partial charge in [0.1, 0.15) is 0 Å². The molecule has 1 aliphatic rings. The van der Waals surface area contributed by atoms with Gasteiger partial charge in [-0.25, -0.2) is 9.97 Å². The Morgan fingerprint density at radius 3 is 3.05 bits per heavy atom. The number of pyridine rings is 1. The van der Waals surface area contributed by atoms with Crippen molar-refractivity contribution < 1.29 is 0 Å². The van der Waals surface area contributed by atoms with Crippen LogP contribution in [0.15, 0.2) is 24.7 Å². The quantitative estimate of drug-likeness (QED) is 0.927. The van der Waals surface area contributed by atoms with Gasteiger partial charge in [0.25, 0.3) is 0 Å². The van der Waals surface area contributed by atoms with Gasteiger partial charge < -0.3 is 5.32 Å². The van der Waals surface area contributed by atoms with Crippen LogP contribution in [-0.2, 0) is 12.8 Å². The van der Waals surface area contributed by atoms with Crippen LogP contribution in [0.5, 0.6) is 0 Å². The fraction of sp³-hybridized carbons (Fsp3) is 0.438. The summed E-state index contributed by atoms with van der Waals surface area (Å²) in [6.45, 7) is 3.14. The third kappa shape index (κ3) is 2.56. The Kier molecular flexibility index (Phi) is 3.74. The van der Waals surface area contributed by atoms with E-state index in [1.165, 1.54) is 23.2 Å². The normalized spacial score (nSPS) is 17.8. The van der Waals surface area contributed by atoms with E-state index in [0.717, 1.165) is 30.8 Å². The zero-order valence-corrected chi connectivity index (χ0v) is 12.1. The number of nitrogens with one attached hydrogen (secondary N) is 1. The molecule has 3 rings (SSSR count). The molecule has 4 heteroatoms. The topological polar surface area (TPSA) is 50.7 Å². The highest BCUT2D eigenvalue weighted by molar-refractivity contribution is 5.58. The van der Waals surface area contributed by atoms with Crippen molar-refractivity contribution in [1.82, 2.24) is 20.3 Å². The molecule has 0 aliphatic heterocycles. The number of aryl methyl sites for hydroxylation is 2. The van der Waals surface area contributed by atoms with E-state index in [0.29, 0.717) is 5.92 Å². The lowest BCUT2D eigenvalue weighted by molar-refractivity contribution is 0.434. The predicted molar refractivity (Wildman–Crippen MR) is 79.4 cm³/mol. The smallest absolute Gasteiger partial charge is 0.161 e. The highest BCUT2D eigenvalue weighted by Crippen LogP contribution is 2.26. The first kappa shape index (κ1) is 13.2. The maximum atomic E-state index is 4.77. The second-order valence-electron chi connectivity index (χ2n) is 5.52. The van der Waals surface area contributed by atoms with Crippen molar-refractivity contribution in [1.29, 1.82) is 0 Å². The van der Waals surface area contributed by atoms with E-state index in [1.807, 2.05) is 25.5 Å². The van der Waals surface area contributed by atoms with Crippen LogP contribution in [0.25, 0.3) is 11.4 Å². The van der Waals surface area contributed by atoms with E-state index in [1.54, 1.807) is 6.20 Å². The Hall–Kier alpha value is -1.81.